The Kier molecular flexibility index (Phi) is 4.96. The van der Waals surface area contributed by atoms with E-state index < -0.39 is 0 Å². The molecule has 1 rings (SSSR count). The highest BCUT2D eigenvalue weighted by Gasteiger charge is 2.13. The van der Waals surface area contributed by atoms with Crippen LogP contribution < -0.4 is 4.90 Å². The first-order valence-corrected chi connectivity index (χ1v) is 5.73. The fourth-order valence-corrected chi connectivity index (χ4v) is 1.59. The van der Waals surface area contributed by atoms with Crippen LogP contribution in [0.5, 0.6) is 0 Å². The van der Waals surface area contributed by atoms with E-state index in [1.165, 1.54) is 0 Å². The van der Waals surface area contributed by atoms with Crippen molar-refractivity contribution in [1.29, 1.82) is 0 Å². The van der Waals surface area contributed by atoms with Gasteiger partial charge in [0.25, 0.3) is 0 Å². The Morgan fingerprint density at radius 3 is 2.75 bits per heavy atom. The van der Waals surface area contributed by atoms with E-state index in [1.807, 2.05) is 18.9 Å². The van der Waals surface area contributed by atoms with Gasteiger partial charge in [0.2, 0.25) is 5.95 Å². The van der Waals surface area contributed by atoms with Crippen LogP contribution in [0, 0.1) is 6.92 Å². The lowest BCUT2D eigenvalue weighted by Crippen LogP contribution is -2.34. The van der Waals surface area contributed by atoms with Crippen LogP contribution in [0.4, 0.5) is 5.95 Å². The molecule has 0 aliphatic rings. The van der Waals surface area contributed by atoms with E-state index in [1.54, 1.807) is 13.3 Å². The summed E-state index contributed by atoms with van der Waals surface area (Å²) in [4.78, 5) is 10.7. The molecular formula is C11H18ClN3O. The van der Waals surface area contributed by atoms with Crippen molar-refractivity contribution in [2.45, 2.75) is 25.8 Å². The van der Waals surface area contributed by atoms with E-state index in [9.17, 15) is 0 Å². The van der Waals surface area contributed by atoms with Gasteiger partial charge in [0.1, 0.15) is 0 Å². The third-order valence-corrected chi connectivity index (χ3v) is 2.88. The summed E-state index contributed by atoms with van der Waals surface area (Å²) < 4.78 is 5.10. The van der Waals surface area contributed by atoms with Crippen molar-refractivity contribution in [3.8, 4) is 0 Å². The van der Waals surface area contributed by atoms with E-state index >= 15 is 0 Å². The van der Waals surface area contributed by atoms with Crippen LogP contribution in [-0.4, -0.2) is 36.8 Å². The van der Waals surface area contributed by atoms with Crippen LogP contribution >= 0.6 is 11.6 Å². The second kappa shape index (κ2) is 6.01. The maximum absolute atomic E-state index is 5.76. The van der Waals surface area contributed by atoms with Crippen molar-refractivity contribution in [1.82, 2.24) is 9.97 Å². The smallest absolute Gasteiger partial charge is 0.225 e. The predicted octanol–water partition coefficient (Wildman–Crippen LogP) is 1.99. The summed E-state index contributed by atoms with van der Waals surface area (Å²) in [5, 5.41) is 0. The van der Waals surface area contributed by atoms with Crippen LogP contribution in [-0.2, 0) is 10.6 Å². The van der Waals surface area contributed by atoms with Crippen molar-refractivity contribution < 1.29 is 4.74 Å². The van der Waals surface area contributed by atoms with Crippen molar-refractivity contribution in [3.63, 3.8) is 0 Å². The maximum Gasteiger partial charge on any atom is 0.225 e. The minimum Gasteiger partial charge on any atom is -0.383 e. The molecular weight excluding hydrogens is 226 g/mol. The molecule has 16 heavy (non-hydrogen) atoms. The number of aryl methyl sites for hydroxylation is 1. The Morgan fingerprint density at radius 2 is 2.25 bits per heavy atom. The number of alkyl halides is 1. The van der Waals surface area contributed by atoms with Crippen LogP contribution in [0.1, 0.15) is 18.2 Å². The molecule has 1 aromatic heterocycles. The number of methoxy groups -OCH3 is 1. The Hall–Kier alpha value is -0.870. The first kappa shape index (κ1) is 13.2. The minimum atomic E-state index is 0.242. The number of hydrogen-bond donors (Lipinski definition) is 0. The van der Waals surface area contributed by atoms with Crippen molar-refractivity contribution in [2.24, 2.45) is 0 Å². The highest BCUT2D eigenvalue weighted by atomic mass is 35.5. The lowest BCUT2D eigenvalue weighted by molar-refractivity contribution is 0.183. The molecule has 1 unspecified atom stereocenters. The zero-order chi connectivity index (χ0) is 12.1. The first-order chi connectivity index (χ1) is 7.60. The van der Waals surface area contributed by atoms with E-state index in [0.717, 1.165) is 11.3 Å². The fraction of sp³-hybridized carbons (Fsp3) is 0.636. The Balaban J connectivity index is 2.84. The molecule has 0 bridgehead atoms. The number of hydrogen-bond acceptors (Lipinski definition) is 4. The van der Waals surface area contributed by atoms with Gasteiger partial charge in [0, 0.05) is 31.6 Å². The average Bonchev–Trinajstić information content (AvgIpc) is 2.28. The van der Waals surface area contributed by atoms with Crippen LogP contribution in [0.3, 0.4) is 0 Å². The predicted molar refractivity (Wildman–Crippen MR) is 66.1 cm³/mol. The molecule has 0 saturated heterocycles. The summed E-state index contributed by atoms with van der Waals surface area (Å²) in [6, 6.07) is 0.242. The quantitative estimate of drug-likeness (QED) is 0.742. The summed E-state index contributed by atoms with van der Waals surface area (Å²) in [6.45, 7) is 4.66. The highest BCUT2D eigenvalue weighted by molar-refractivity contribution is 6.17. The SMILES string of the molecule is COCC(C)N(C)c1ncc(CCl)c(C)n1. The van der Waals surface area contributed by atoms with Gasteiger partial charge in [0.15, 0.2) is 0 Å². The zero-order valence-corrected chi connectivity index (χ0v) is 11.0. The number of aromatic nitrogens is 2. The maximum atomic E-state index is 5.76. The van der Waals surface area contributed by atoms with Crippen molar-refractivity contribution in [3.05, 3.63) is 17.5 Å². The zero-order valence-electron chi connectivity index (χ0n) is 10.2. The Bertz CT molecular complexity index is 346. The molecule has 0 radical (unpaired) electrons. The molecule has 1 atom stereocenters. The van der Waals surface area contributed by atoms with Gasteiger partial charge in [-0.25, -0.2) is 9.97 Å². The number of ether oxygens (including phenoxy) is 1. The molecule has 0 spiro atoms. The fourth-order valence-electron chi connectivity index (χ4n) is 1.33. The van der Waals surface area contributed by atoms with Gasteiger partial charge < -0.3 is 9.64 Å². The lowest BCUT2D eigenvalue weighted by atomic mass is 10.3. The molecule has 0 saturated carbocycles. The average molecular weight is 244 g/mol. The van der Waals surface area contributed by atoms with E-state index in [2.05, 4.69) is 16.9 Å². The lowest BCUT2D eigenvalue weighted by Gasteiger charge is -2.24. The summed E-state index contributed by atoms with van der Waals surface area (Å²) in [5.41, 5.74) is 1.90. The van der Waals surface area contributed by atoms with Crippen LogP contribution in [0.15, 0.2) is 6.20 Å². The molecule has 0 amide bonds. The number of nitrogens with zero attached hydrogens (tertiary/aromatic N) is 3. The van der Waals surface area contributed by atoms with E-state index in [4.69, 9.17) is 16.3 Å². The van der Waals surface area contributed by atoms with Gasteiger partial charge >= 0.3 is 0 Å². The first-order valence-electron chi connectivity index (χ1n) is 5.20. The topological polar surface area (TPSA) is 38.2 Å². The molecule has 0 N–H and O–H groups in total. The van der Waals surface area contributed by atoms with Crippen LogP contribution in [0.2, 0.25) is 0 Å². The number of halogens is 1. The minimum absolute atomic E-state index is 0.242. The summed E-state index contributed by atoms with van der Waals surface area (Å²) in [5.74, 6) is 1.15. The summed E-state index contributed by atoms with van der Waals surface area (Å²) in [6.07, 6.45) is 1.78. The number of likely N-dealkylation sites (N-methyl/N-ethyl adjacent to an activating group) is 1. The Morgan fingerprint density at radius 1 is 1.56 bits per heavy atom. The normalized spacial score (nSPS) is 12.6. The third-order valence-electron chi connectivity index (χ3n) is 2.60. The molecule has 1 aromatic rings. The molecule has 0 fully saturated rings. The number of anilines is 1. The van der Waals surface area contributed by atoms with Gasteiger partial charge in [-0.3, -0.25) is 0 Å². The second-order valence-corrected chi connectivity index (χ2v) is 4.10. The Labute approximate surface area is 102 Å². The van der Waals surface area contributed by atoms with Crippen molar-refractivity contribution in [2.75, 3.05) is 25.7 Å². The molecule has 90 valence electrons. The molecule has 5 heteroatoms. The monoisotopic (exact) mass is 243 g/mol. The highest BCUT2D eigenvalue weighted by Crippen LogP contribution is 2.13. The third kappa shape index (κ3) is 3.06. The van der Waals surface area contributed by atoms with Gasteiger partial charge in [0.05, 0.1) is 18.5 Å². The summed E-state index contributed by atoms with van der Waals surface area (Å²) in [7, 11) is 3.64. The molecule has 0 aromatic carbocycles. The largest absolute Gasteiger partial charge is 0.383 e. The molecule has 1 heterocycles. The molecule has 4 nitrogen and oxygen atoms in total. The molecule has 0 aliphatic carbocycles. The standard InChI is InChI=1S/C11H18ClN3O/c1-8(7-16-4)15(3)11-13-6-10(5-12)9(2)14-11/h6,8H,5,7H2,1-4H3. The number of rotatable bonds is 5. The second-order valence-electron chi connectivity index (χ2n) is 3.83. The van der Waals surface area contributed by atoms with Gasteiger partial charge in [-0.2, -0.15) is 0 Å². The summed E-state index contributed by atoms with van der Waals surface area (Å²) >= 11 is 5.76. The van der Waals surface area contributed by atoms with Crippen molar-refractivity contribution >= 4 is 17.5 Å². The van der Waals surface area contributed by atoms with Gasteiger partial charge in [-0.1, -0.05) is 0 Å². The van der Waals surface area contributed by atoms with E-state index in [-0.39, 0.29) is 6.04 Å². The van der Waals surface area contributed by atoms with Gasteiger partial charge in [-0.05, 0) is 13.8 Å². The molecule has 0 aliphatic heterocycles. The van der Waals surface area contributed by atoms with Gasteiger partial charge in [-0.15, -0.1) is 11.6 Å². The van der Waals surface area contributed by atoms with Crippen LogP contribution in [0.25, 0.3) is 0 Å². The van der Waals surface area contributed by atoms with E-state index in [0.29, 0.717) is 18.4 Å².